The quantitative estimate of drug-likeness (QED) is 0.524. The van der Waals surface area contributed by atoms with E-state index < -0.39 is 5.97 Å². The molecular formula is C17H13NO3S. The summed E-state index contributed by atoms with van der Waals surface area (Å²) < 4.78 is 10.4. The molecule has 0 bridgehead atoms. The van der Waals surface area contributed by atoms with Gasteiger partial charge in [0.2, 0.25) is 0 Å². The van der Waals surface area contributed by atoms with Crippen molar-refractivity contribution in [1.82, 2.24) is 5.16 Å². The number of ether oxygens (including phenoxy) is 1. The Morgan fingerprint density at radius 3 is 2.86 bits per heavy atom. The summed E-state index contributed by atoms with van der Waals surface area (Å²) in [6.45, 7) is 0.0901. The van der Waals surface area contributed by atoms with Crippen LogP contribution in [0, 0.1) is 0 Å². The zero-order chi connectivity index (χ0) is 15.2. The Morgan fingerprint density at radius 1 is 1.23 bits per heavy atom. The van der Waals surface area contributed by atoms with Gasteiger partial charge in [-0.1, -0.05) is 41.6 Å². The van der Waals surface area contributed by atoms with Crippen molar-refractivity contribution >= 4 is 23.4 Å². The van der Waals surface area contributed by atoms with Gasteiger partial charge in [0.1, 0.15) is 12.3 Å². The molecule has 0 fully saturated rings. The van der Waals surface area contributed by atoms with Gasteiger partial charge in [0, 0.05) is 12.1 Å². The summed E-state index contributed by atoms with van der Waals surface area (Å²) in [6, 6.07) is 15.2. The number of aromatic nitrogens is 1. The largest absolute Gasteiger partial charge is 0.456 e. The summed E-state index contributed by atoms with van der Waals surface area (Å²) in [7, 11) is 0. The highest BCUT2D eigenvalue weighted by molar-refractivity contribution is 7.13. The van der Waals surface area contributed by atoms with E-state index in [4.69, 9.17) is 9.26 Å². The van der Waals surface area contributed by atoms with E-state index in [0.29, 0.717) is 11.5 Å². The van der Waals surface area contributed by atoms with E-state index in [-0.39, 0.29) is 6.61 Å². The van der Waals surface area contributed by atoms with Crippen LogP contribution in [0.25, 0.3) is 16.7 Å². The van der Waals surface area contributed by atoms with Gasteiger partial charge in [0.25, 0.3) is 0 Å². The molecule has 0 amide bonds. The average molecular weight is 311 g/mol. The SMILES string of the molecule is O=C(/C=C\c1ccccc1)OCc1cc(-c2cccs2)on1. The lowest BCUT2D eigenvalue weighted by Crippen LogP contribution is -2.00. The lowest BCUT2D eigenvalue weighted by atomic mass is 10.2. The van der Waals surface area contributed by atoms with Gasteiger partial charge in [-0.15, -0.1) is 11.3 Å². The molecule has 0 spiro atoms. The Hall–Kier alpha value is -2.66. The predicted octanol–water partition coefficient (Wildman–Crippen LogP) is 4.16. The smallest absolute Gasteiger partial charge is 0.331 e. The molecule has 5 heteroatoms. The minimum absolute atomic E-state index is 0.0901. The van der Waals surface area contributed by atoms with Crippen LogP contribution in [0.4, 0.5) is 0 Å². The van der Waals surface area contributed by atoms with E-state index in [9.17, 15) is 4.79 Å². The fourth-order valence-electron chi connectivity index (χ4n) is 1.84. The van der Waals surface area contributed by atoms with Crippen molar-refractivity contribution in [3.63, 3.8) is 0 Å². The zero-order valence-electron chi connectivity index (χ0n) is 11.6. The molecule has 0 aliphatic rings. The van der Waals surface area contributed by atoms with Crippen molar-refractivity contribution in [2.24, 2.45) is 0 Å². The summed E-state index contributed by atoms with van der Waals surface area (Å²) in [4.78, 5) is 12.7. The van der Waals surface area contributed by atoms with E-state index in [1.165, 1.54) is 6.08 Å². The Labute approximate surface area is 131 Å². The second kappa shape index (κ2) is 6.87. The van der Waals surface area contributed by atoms with Crippen LogP contribution in [0.2, 0.25) is 0 Å². The molecule has 1 aromatic carbocycles. The first kappa shape index (κ1) is 14.3. The second-order valence-electron chi connectivity index (χ2n) is 4.51. The van der Waals surface area contributed by atoms with Gasteiger partial charge in [-0.3, -0.25) is 0 Å². The molecule has 0 saturated heterocycles. The fraction of sp³-hybridized carbons (Fsp3) is 0.0588. The number of nitrogens with zero attached hydrogens (tertiary/aromatic N) is 1. The first-order valence-corrected chi connectivity index (χ1v) is 7.58. The Kier molecular flexibility index (Phi) is 4.46. The van der Waals surface area contributed by atoms with E-state index in [2.05, 4.69) is 5.16 Å². The molecule has 22 heavy (non-hydrogen) atoms. The Bertz CT molecular complexity index is 760. The van der Waals surface area contributed by atoms with E-state index in [0.717, 1.165) is 10.4 Å². The highest BCUT2D eigenvalue weighted by Gasteiger charge is 2.08. The van der Waals surface area contributed by atoms with Crippen molar-refractivity contribution < 1.29 is 14.1 Å². The monoisotopic (exact) mass is 311 g/mol. The number of benzene rings is 1. The maximum Gasteiger partial charge on any atom is 0.331 e. The first-order chi connectivity index (χ1) is 10.8. The molecule has 0 N–H and O–H groups in total. The third-order valence-electron chi connectivity index (χ3n) is 2.90. The Morgan fingerprint density at radius 2 is 2.09 bits per heavy atom. The predicted molar refractivity (Wildman–Crippen MR) is 85.1 cm³/mol. The molecule has 0 saturated carbocycles. The summed E-state index contributed by atoms with van der Waals surface area (Å²) in [5.41, 5.74) is 1.53. The van der Waals surface area contributed by atoms with Crippen LogP contribution >= 0.6 is 11.3 Å². The van der Waals surface area contributed by atoms with Gasteiger partial charge in [-0.2, -0.15) is 0 Å². The lowest BCUT2D eigenvalue weighted by Gasteiger charge is -1.97. The number of hydrogen-bond donors (Lipinski definition) is 0. The molecule has 3 rings (SSSR count). The number of thiophene rings is 1. The zero-order valence-corrected chi connectivity index (χ0v) is 12.5. The van der Waals surface area contributed by atoms with Crippen LogP contribution in [-0.4, -0.2) is 11.1 Å². The molecule has 0 atom stereocenters. The Balaban J connectivity index is 1.54. The molecule has 0 unspecified atom stereocenters. The molecular weight excluding hydrogens is 298 g/mol. The summed E-state index contributed by atoms with van der Waals surface area (Å²) in [5, 5.41) is 5.86. The van der Waals surface area contributed by atoms with Crippen molar-refractivity contribution in [3.05, 3.63) is 71.2 Å². The van der Waals surface area contributed by atoms with Crippen LogP contribution in [0.5, 0.6) is 0 Å². The van der Waals surface area contributed by atoms with Gasteiger partial charge in [0.05, 0.1) is 4.88 Å². The maximum absolute atomic E-state index is 11.7. The van der Waals surface area contributed by atoms with Gasteiger partial charge in [-0.05, 0) is 23.1 Å². The van der Waals surface area contributed by atoms with Gasteiger partial charge >= 0.3 is 5.97 Å². The number of carbonyl (C=O) groups excluding carboxylic acids is 1. The van der Waals surface area contributed by atoms with Crippen molar-refractivity contribution in [2.75, 3.05) is 0 Å². The highest BCUT2D eigenvalue weighted by atomic mass is 32.1. The minimum atomic E-state index is -0.412. The normalized spacial score (nSPS) is 10.9. The third kappa shape index (κ3) is 3.71. The molecule has 4 nitrogen and oxygen atoms in total. The minimum Gasteiger partial charge on any atom is -0.456 e. The molecule has 110 valence electrons. The molecule has 3 aromatic rings. The van der Waals surface area contributed by atoms with E-state index >= 15 is 0 Å². The fourth-order valence-corrected chi connectivity index (χ4v) is 2.51. The van der Waals surface area contributed by atoms with Crippen molar-refractivity contribution in [2.45, 2.75) is 6.61 Å². The van der Waals surface area contributed by atoms with Crippen LogP contribution in [0.1, 0.15) is 11.3 Å². The highest BCUT2D eigenvalue weighted by Crippen LogP contribution is 2.25. The summed E-state index contributed by atoms with van der Waals surface area (Å²) in [6.07, 6.45) is 3.11. The van der Waals surface area contributed by atoms with Gasteiger partial charge in [0.15, 0.2) is 5.76 Å². The number of esters is 1. The number of hydrogen-bond acceptors (Lipinski definition) is 5. The standard InChI is InChI=1S/C17H13NO3S/c19-17(9-8-13-5-2-1-3-6-13)20-12-14-11-15(21-18-14)16-7-4-10-22-16/h1-11H,12H2/b9-8-. The van der Waals surface area contributed by atoms with Crippen LogP contribution in [0.15, 0.2) is 64.5 Å². The number of carbonyl (C=O) groups is 1. The molecule has 0 aliphatic heterocycles. The molecule has 0 aliphatic carbocycles. The van der Waals surface area contributed by atoms with Crippen molar-refractivity contribution in [1.29, 1.82) is 0 Å². The van der Waals surface area contributed by atoms with Gasteiger partial charge in [-0.25, -0.2) is 4.79 Å². The van der Waals surface area contributed by atoms with E-state index in [1.54, 1.807) is 23.5 Å². The molecule has 2 aromatic heterocycles. The van der Waals surface area contributed by atoms with Gasteiger partial charge < -0.3 is 9.26 Å². The average Bonchev–Trinajstić information content (AvgIpc) is 3.22. The summed E-state index contributed by atoms with van der Waals surface area (Å²) in [5.74, 6) is 0.269. The topological polar surface area (TPSA) is 52.3 Å². The van der Waals surface area contributed by atoms with Crippen molar-refractivity contribution in [3.8, 4) is 10.6 Å². The van der Waals surface area contributed by atoms with Crippen LogP contribution in [0.3, 0.4) is 0 Å². The van der Waals surface area contributed by atoms with E-state index in [1.807, 2.05) is 47.8 Å². The molecule has 0 radical (unpaired) electrons. The summed E-state index contributed by atoms with van der Waals surface area (Å²) >= 11 is 1.57. The lowest BCUT2D eigenvalue weighted by molar-refractivity contribution is -0.139. The first-order valence-electron chi connectivity index (χ1n) is 6.70. The molecule has 2 heterocycles. The maximum atomic E-state index is 11.7. The van der Waals surface area contributed by atoms with Crippen LogP contribution < -0.4 is 0 Å². The third-order valence-corrected chi connectivity index (χ3v) is 3.78. The van der Waals surface area contributed by atoms with Crippen LogP contribution in [-0.2, 0) is 16.1 Å². The number of rotatable bonds is 5. The second-order valence-corrected chi connectivity index (χ2v) is 5.46.